The van der Waals surface area contributed by atoms with Gasteiger partial charge in [-0.05, 0) is 42.9 Å². The van der Waals surface area contributed by atoms with E-state index in [0.717, 1.165) is 29.0 Å². The molecule has 0 bridgehead atoms. The number of hydrogen-bond acceptors (Lipinski definition) is 2. The summed E-state index contributed by atoms with van der Waals surface area (Å²) in [5, 5.41) is 4.61. The van der Waals surface area contributed by atoms with E-state index in [1.807, 2.05) is 0 Å². The minimum atomic E-state index is 0.749. The van der Waals surface area contributed by atoms with E-state index in [2.05, 4.69) is 51.7 Å². The Bertz CT molecular complexity index is 183. The summed E-state index contributed by atoms with van der Waals surface area (Å²) in [5.41, 5.74) is 0. The number of nitrogens with one attached hydrogen (secondary N) is 1. The lowest BCUT2D eigenvalue weighted by molar-refractivity contribution is 0.261. The lowest BCUT2D eigenvalue weighted by Crippen LogP contribution is -2.43. The molecule has 0 radical (unpaired) electrons. The van der Waals surface area contributed by atoms with Crippen LogP contribution in [0.4, 0.5) is 0 Å². The van der Waals surface area contributed by atoms with Crippen LogP contribution in [0.15, 0.2) is 0 Å². The van der Waals surface area contributed by atoms with E-state index >= 15 is 0 Å². The van der Waals surface area contributed by atoms with Crippen molar-refractivity contribution in [3.63, 3.8) is 0 Å². The lowest BCUT2D eigenvalue weighted by Gasteiger charge is -2.33. The molecule has 2 atom stereocenters. The van der Waals surface area contributed by atoms with E-state index < -0.39 is 0 Å². The third-order valence-electron chi connectivity index (χ3n) is 3.94. The summed E-state index contributed by atoms with van der Waals surface area (Å²) in [6.07, 6.45) is 2.76. The molecule has 1 aliphatic rings. The Labute approximate surface area is 106 Å². The fourth-order valence-corrected chi connectivity index (χ4v) is 3.89. The minimum absolute atomic E-state index is 0.749. The molecule has 0 saturated carbocycles. The van der Waals surface area contributed by atoms with Crippen LogP contribution >= 0.6 is 11.8 Å². The van der Waals surface area contributed by atoms with E-state index in [0.29, 0.717) is 0 Å². The molecule has 96 valence electrons. The summed E-state index contributed by atoms with van der Waals surface area (Å²) in [7, 11) is 0. The first-order valence-corrected chi connectivity index (χ1v) is 7.92. The minimum Gasteiger partial charge on any atom is -0.313 e. The normalized spacial score (nSPS) is 27.0. The summed E-state index contributed by atoms with van der Waals surface area (Å²) < 4.78 is 0. The number of thioether (sulfide) groups is 1. The average Bonchev–Trinajstić information content (AvgIpc) is 2.20. The smallest absolute Gasteiger partial charge is 0.0184 e. The van der Waals surface area contributed by atoms with Gasteiger partial charge in [-0.15, -0.1) is 0 Å². The highest BCUT2D eigenvalue weighted by molar-refractivity contribution is 7.99. The monoisotopic (exact) mass is 243 g/mol. The van der Waals surface area contributed by atoms with Gasteiger partial charge < -0.3 is 5.32 Å². The summed E-state index contributed by atoms with van der Waals surface area (Å²) in [6.45, 7) is 13.0. The summed E-state index contributed by atoms with van der Waals surface area (Å²) >= 11 is 2.13. The fourth-order valence-electron chi connectivity index (χ4n) is 2.72. The zero-order valence-corrected chi connectivity index (χ0v) is 12.4. The zero-order chi connectivity index (χ0) is 12.1. The van der Waals surface area contributed by atoms with Crippen molar-refractivity contribution in [2.45, 2.75) is 58.8 Å². The van der Waals surface area contributed by atoms with Gasteiger partial charge in [-0.25, -0.2) is 0 Å². The SMILES string of the molecule is CC(C)C(CNC1CCCSC1C)C(C)C. The molecule has 0 aliphatic carbocycles. The molecule has 2 heteroatoms. The third-order valence-corrected chi connectivity index (χ3v) is 5.31. The van der Waals surface area contributed by atoms with E-state index in [1.54, 1.807) is 0 Å². The van der Waals surface area contributed by atoms with Crippen molar-refractivity contribution in [3.8, 4) is 0 Å². The molecular weight excluding hydrogens is 214 g/mol. The maximum atomic E-state index is 3.81. The Balaban J connectivity index is 2.36. The molecule has 0 spiro atoms. The van der Waals surface area contributed by atoms with E-state index in [4.69, 9.17) is 0 Å². The lowest BCUT2D eigenvalue weighted by atomic mass is 9.85. The van der Waals surface area contributed by atoms with Gasteiger partial charge in [0.1, 0.15) is 0 Å². The molecule has 1 N–H and O–H groups in total. The van der Waals surface area contributed by atoms with Crippen LogP contribution in [-0.2, 0) is 0 Å². The number of rotatable bonds is 5. The molecule has 0 amide bonds. The highest BCUT2D eigenvalue weighted by atomic mass is 32.2. The molecule has 2 unspecified atom stereocenters. The largest absolute Gasteiger partial charge is 0.313 e. The van der Waals surface area contributed by atoms with Crippen LogP contribution < -0.4 is 5.32 Å². The summed E-state index contributed by atoms with van der Waals surface area (Å²) in [4.78, 5) is 0. The molecule has 1 aliphatic heterocycles. The Morgan fingerprint density at radius 1 is 1.19 bits per heavy atom. The van der Waals surface area contributed by atoms with E-state index in [1.165, 1.54) is 25.1 Å². The second-order valence-electron chi connectivity index (χ2n) is 5.88. The maximum absolute atomic E-state index is 3.81. The van der Waals surface area contributed by atoms with Crippen molar-refractivity contribution in [1.29, 1.82) is 0 Å². The van der Waals surface area contributed by atoms with Crippen LogP contribution in [0.25, 0.3) is 0 Å². The van der Waals surface area contributed by atoms with Crippen LogP contribution in [0.3, 0.4) is 0 Å². The quantitative estimate of drug-likeness (QED) is 0.788. The van der Waals surface area contributed by atoms with Gasteiger partial charge in [0.05, 0.1) is 0 Å². The fraction of sp³-hybridized carbons (Fsp3) is 1.00. The van der Waals surface area contributed by atoms with E-state index in [-0.39, 0.29) is 0 Å². The molecule has 0 aromatic rings. The first-order chi connectivity index (χ1) is 7.52. The van der Waals surface area contributed by atoms with Crippen LogP contribution in [-0.4, -0.2) is 23.6 Å². The van der Waals surface area contributed by atoms with Gasteiger partial charge in [0, 0.05) is 11.3 Å². The van der Waals surface area contributed by atoms with Gasteiger partial charge in [0.25, 0.3) is 0 Å². The average molecular weight is 243 g/mol. The molecule has 0 aromatic heterocycles. The Morgan fingerprint density at radius 3 is 2.31 bits per heavy atom. The molecule has 16 heavy (non-hydrogen) atoms. The van der Waals surface area contributed by atoms with Gasteiger partial charge in [0.15, 0.2) is 0 Å². The first-order valence-electron chi connectivity index (χ1n) is 6.87. The molecule has 1 rings (SSSR count). The highest BCUT2D eigenvalue weighted by Crippen LogP contribution is 2.26. The Morgan fingerprint density at radius 2 is 1.81 bits per heavy atom. The zero-order valence-electron chi connectivity index (χ0n) is 11.6. The number of hydrogen-bond donors (Lipinski definition) is 1. The maximum Gasteiger partial charge on any atom is 0.0184 e. The summed E-state index contributed by atoms with van der Waals surface area (Å²) in [5.74, 6) is 3.76. The summed E-state index contributed by atoms with van der Waals surface area (Å²) in [6, 6.07) is 0.749. The van der Waals surface area contributed by atoms with E-state index in [9.17, 15) is 0 Å². The third kappa shape index (κ3) is 4.29. The molecule has 1 nitrogen and oxygen atoms in total. The predicted molar refractivity (Wildman–Crippen MR) is 76.1 cm³/mol. The van der Waals surface area contributed by atoms with Crippen molar-refractivity contribution in [2.75, 3.05) is 12.3 Å². The highest BCUT2D eigenvalue weighted by Gasteiger charge is 2.24. The van der Waals surface area contributed by atoms with Crippen molar-refractivity contribution in [3.05, 3.63) is 0 Å². The molecule has 1 heterocycles. The molecule has 0 aromatic carbocycles. The Hall–Kier alpha value is 0.310. The second kappa shape index (κ2) is 6.90. The predicted octanol–water partition coefficient (Wildman–Crippen LogP) is 3.79. The second-order valence-corrected chi connectivity index (χ2v) is 7.37. The molecule has 1 saturated heterocycles. The van der Waals surface area contributed by atoms with Gasteiger partial charge in [-0.1, -0.05) is 34.6 Å². The standard InChI is InChI=1S/C14H29NS/c1-10(2)13(11(3)4)9-15-14-7-6-8-16-12(14)5/h10-15H,6-9H2,1-5H3. The van der Waals surface area contributed by atoms with Gasteiger partial charge in [-0.2, -0.15) is 11.8 Å². The van der Waals surface area contributed by atoms with Crippen LogP contribution in [0.5, 0.6) is 0 Å². The van der Waals surface area contributed by atoms with Gasteiger partial charge in [-0.3, -0.25) is 0 Å². The molecule has 1 fully saturated rings. The van der Waals surface area contributed by atoms with Gasteiger partial charge in [0.2, 0.25) is 0 Å². The van der Waals surface area contributed by atoms with Crippen molar-refractivity contribution >= 4 is 11.8 Å². The van der Waals surface area contributed by atoms with Crippen molar-refractivity contribution < 1.29 is 0 Å². The van der Waals surface area contributed by atoms with Crippen molar-refractivity contribution in [2.24, 2.45) is 17.8 Å². The van der Waals surface area contributed by atoms with Crippen LogP contribution in [0.2, 0.25) is 0 Å². The topological polar surface area (TPSA) is 12.0 Å². The Kier molecular flexibility index (Phi) is 6.20. The van der Waals surface area contributed by atoms with Gasteiger partial charge >= 0.3 is 0 Å². The van der Waals surface area contributed by atoms with Crippen LogP contribution in [0.1, 0.15) is 47.5 Å². The molecular formula is C14H29NS. The van der Waals surface area contributed by atoms with Crippen molar-refractivity contribution in [1.82, 2.24) is 5.32 Å². The van der Waals surface area contributed by atoms with Crippen LogP contribution in [0, 0.1) is 17.8 Å². The first kappa shape index (κ1) is 14.4.